The second-order valence-electron chi connectivity index (χ2n) is 6.97. The van der Waals surface area contributed by atoms with Gasteiger partial charge in [-0.1, -0.05) is 42.5 Å². The molecule has 0 amide bonds. The van der Waals surface area contributed by atoms with E-state index in [9.17, 15) is 0 Å². The van der Waals surface area contributed by atoms with E-state index >= 15 is 0 Å². The molecular formula is C25H24N2OS. The molecule has 0 aliphatic rings. The molecule has 0 saturated carbocycles. The summed E-state index contributed by atoms with van der Waals surface area (Å²) in [4.78, 5) is 5.96. The molecule has 0 saturated heterocycles. The van der Waals surface area contributed by atoms with Crippen molar-refractivity contribution in [2.75, 3.05) is 7.11 Å². The smallest absolute Gasteiger partial charge is 0.190 e. The Labute approximate surface area is 175 Å². The Hall–Kier alpha value is -3.11. The summed E-state index contributed by atoms with van der Waals surface area (Å²) in [5.74, 6) is 0.865. The maximum absolute atomic E-state index is 5.31. The second kappa shape index (κ2) is 8.93. The van der Waals surface area contributed by atoms with Crippen molar-refractivity contribution < 1.29 is 4.74 Å². The average molecular weight is 401 g/mol. The van der Waals surface area contributed by atoms with Crippen molar-refractivity contribution in [3.8, 4) is 17.0 Å². The standard InChI is InChI=1S/C25H24N2OS/c1-19-7-6-10-22(17-19)26-25-27(16-15-20-8-4-3-5-9-20)24(18-29-25)21-11-13-23(28-2)14-12-21/h3-14,17-18H,15-16H2,1-2H3. The molecule has 0 N–H and O–H groups in total. The van der Waals surface area contributed by atoms with Gasteiger partial charge in [0.25, 0.3) is 0 Å². The molecule has 0 radical (unpaired) electrons. The van der Waals surface area contributed by atoms with Gasteiger partial charge < -0.3 is 9.30 Å². The molecule has 0 fully saturated rings. The highest BCUT2D eigenvalue weighted by Gasteiger charge is 2.09. The van der Waals surface area contributed by atoms with Crippen LogP contribution in [-0.2, 0) is 13.0 Å². The highest BCUT2D eigenvalue weighted by molar-refractivity contribution is 7.07. The summed E-state index contributed by atoms with van der Waals surface area (Å²) in [5.41, 5.74) is 5.88. The Morgan fingerprint density at radius 3 is 2.45 bits per heavy atom. The predicted molar refractivity (Wildman–Crippen MR) is 121 cm³/mol. The maximum Gasteiger partial charge on any atom is 0.190 e. The lowest BCUT2D eigenvalue weighted by atomic mass is 10.1. The highest BCUT2D eigenvalue weighted by atomic mass is 32.1. The number of aryl methyl sites for hydroxylation is 2. The number of rotatable bonds is 6. The van der Waals surface area contributed by atoms with Crippen LogP contribution in [0.1, 0.15) is 11.1 Å². The van der Waals surface area contributed by atoms with Crippen molar-refractivity contribution >= 4 is 17.0 Å². The predicted octanol–water partition coefficient (Wildman–Crippen LogP) is 6.01. The average Bonchev–Trinajstić information content (AvgIpc) is 3.15. The van der Waals surface area contributed by atoms with Gasteiger partial charge in [0, 0.05) is 11.9 Å². The third kappa shape index (κ3) is 4.66. The third-order valence-electron chi connectivity index (χ3n) is 4.88. The van der Waals surface area contributed by atoms with Gasteiger partial charge in [-0.05, 0) is 66.4 Å². The van der Waals surface area contributed by atoms with E-state index in [0.717, 1.165) is 29.2 Å². The maximum atomic E-state index is 5.31. The molecule has 3 aromatic carbocycles. The van der Waals surface area contributed by atoms with Crippen molar-refractivity contribution in [2.45, 2.75) is 19.9 Å². The summed E-state index contributed by atoms with van der Waals surface area (Å²) in [7, 11) is 1.69. The summed E-state index contributed by atoms with van der Waals surface area (Å²) in [6.07, 6.45) is 0.960. The lowest BCUT2D eigenvalue weighted by Gasteiger charge is -2.10. The molecule has 1 aromatic heterocycles. The number of aromatic nitrogens is 1. The molecule has 29 heavy (non-hydrogen) atoms. The second-order valence-corrected chi connectivity index (χ2v) is 7.81. The largest absolute Gasteiger partial charge is 0.497 e. The molecule has 1 heterocycles. The van der Waals surface area contributed by atoms with Gasteiger partial charge in [-0.2, -0.15) is 0 Å². The van der Waals surface area contributed by atoms with Crippen molar-refractivity contribution in [2.24, 2.45) is 4.99 Å². The minimum Gasteiger partial charge on any atom is -0.497 e. The molecule has 0 aliphatic carbocycles. The van der Waals surface area contributed by atoms with Crippen LogP contribution in [0, 0.1) is 6.92 Å². The molecule has 0 aliphatic heterocycles. The van der Waals surface area contributed by atoms with E-state index in [4.69, 9.17) is 9.73 Å². The summed E-state index contributed by atoms with van der Waals surface area (Å²) < 4.78 is 7.63. The molecule has 4 aromatic rings. The summed E-state index contributed by atoms with van der Waals surface area (Å²) in [6, 6.07) is 27.2. The minimum atomic E-state index is 0.865. The van der Waals surface area contributed by atoms with Crippen molar-refractivity contribution in [1.29, 1.82) is 0 Å². The van der Waals surface area contributed by atoms with Gasteiger partial charge in [0.1, 0.15) is 5.75 Å². The highest BCUT2D eigenvalue weighted by Crippen LogP contribution is 2.24. The van der Waals surface area contributed by atoms with Crippen LogP contribution in [-0.4, -0.2) is 11.7 Å². The zero-order chi connectivity index (χ0) is 20.1. The summed E-state index contributed by atoms with van der Waals surface area (Å²) in [6.45, 7) is 2.97. The minimum absolute atomic E-state index is 0.865. The lowest BCUT2D eigenvalue weighted by Crippen LogP contribution is -2.17. The molecule has 3 nitrogen and oxygen atoms in total. The number of thiazole rings is 1. The zero-order valence-corrected chi connectivity index (χ0v) is 17.5. The van der Waals surface area contributed by atoms with Gasteiger partial charge in [-0.25, -0.2) is 4.99 Å². The normalized spacial score (nSPS) is 11.6. The SMILES string of the molecule is COc1ccc(-c2csc(=Nc3cccc(C)c3)n2CCc2ccccc2)cc1. The van der Waals surface area contributed by atoms with Gasteiger partial charge >= 0.3 is 0 Å². The van der Waals surface area contributed by atoms with Crippen molar-refractivity contribution in [3.05, 3.63) is 100 Å². The van der Waals surface area contributed by atoms with Crippen LogP contribution in [0.4, 0.5) is 5.69 Å². The van der Waals surface area contributed by atoms with Crippen LogP contribution in [0.5, 0.6) is 5.75 Å². The van der Waals surface area contributed by atoms with Crippen LogP contribution in [0.15, 0.2) is 89.2 Å². The number of methoxy groups -OCH3 is 1. The fourth-order valence-corrected chi connectivity index (χ4v) is 4.28. The molecule has 0 spiro atoms. The molecule has 4 heteroatoms. The van der Waals surface area contributed by atoms with Crippen LogP contribution >= 0.6 is 11.3 Å². The number of ether oxygens (including phenoxy) is 1. The first-order chi connectivity index (χ1) is 14.2. The Bertz CT molecular complexity index is 1140. The molecule has 146 valence electrons. The van der Waals surface area contributed by atoms with Gasteiger partial charge in [0.05, 0.1) is 18.5 Å². The van der Waals surface area contributed by atoms with Gasteiger partial charge in [-0.3, -0.25) is 0 Å². The topological polar surface area (TPSA) is 26.5 Å². The Balaban J connectivity index is 1.75. The summed E-state index contributed by atoms with van der Waals surface area (Å²) in [5, 5.41) is 2.20. The quantitative estimate of drug-likeness (QED) is 0.389. The van der Waals surface area contributed by atoms with Gasteiger partial charge in [0.2, 0.25) is 0 Å². The Kier molecular flexibility index (Phi) is 5.92. The third-order valence-corrected chi connectivity index (χ3v) is 5.74. The molecular weight excluding hydrogens is 376 g/mol. The van der Waals surface area contributed by atoms with E-state index in [1.54, 1.807) is 18.4 Å². The van der Waals surface area contributed by atoms with E-state index in [0.29, 0.717) is 0 Å². The first-order valence-electron chi connectivity index (χ1n) is 9.71. The van der Waals surface area contributed by atoms with Gasteiger partial charge in [-0.15, -0.1) is 11.3 Å². The fourth-order valence-electron chi connectivity index (χ4n) is 3.32. The van der Waals surface area contributed by atoms with Crippen molar-refractivity contribution in [1.82, 2.24) is 4.57 Å². The van der Waals surface area contributed by atoms with Crippen LogP contribution < -0.4 is 9.54 Å². The lowest BCUT2D eigenvalue weighted by molar-refractivity contribution is 0.415. The molecule has 0 atom stereocenters. The van der Waals surface area contributed by atoms with Crippen molar-refractivity contribution in [3.63, 3.8) is 0 Å². The van der Waals surface area contributed by atoms with E-state index in [2.05, 4.69) is 83.6 Å². The number of hydrogen-bond donors (Lipinski definition) is 0. The molecule has 4 rings (SSSR count). The van der Waals surface area contributed by atoms with E-state index in [1.807, 2.05) is 12.1 Å². The van der Waals surface area contributed by atoms with Crippen LogP contribution in [0.25, 0.3) is 11.3 Å². The molecule has 0 unspecified atom stereocenters. The van der Waals surface area contributed by atoms with Crippen LogP contribution in [0.2, 0.25) is 0 Å². The number of hydrogen-bond acceptors (Lipinski definition) is 3. The first kappa shape index (κ1) is 19.2. The zero-order valence-electron chi connectivity index (χ0n) is 16.7. The van der Waals surface area contributed by atoms with Gasteiger partial charge in [0.15, 0.2) is 4.80 Å². The number of nitrogens with zero attached hydrogens (tertiary/aromatic N) is 2. The molecule has 0 bridgehead atoms. The van der Waals surface area contributed by atoms with E-state index in [-0.39, 0.29) is 0 Å². The summed E-state index contributed by atoms with van der Waals surface area (Å²) >= 11 is 1.68. The van der Waals surface area contributed by atoms with E-state index in [1.165, 1.54) is 22.4 Å². The Morgan fingerprint density at radius 2 is 1.72 bits per heavy atom. The van der Waals surface area contributed by atoms with E-state index < -0.39 is 0 Å². The Morgan fingerprint density at radius 1 is 0.931 bits per heavy atom. The fraction of sp³-hybridized carbons (Fsp3) is 0.160. The first-order valence-corrected chi connectivity index (χ1v) is 10.6. The number of benzene rings is 3. The monoisotopic (exact) mass is 400 g/mol. The van der Waals surface area contributed by atoms with Crippen LogP contribution in [0.3, 0.4) is 0 Å².